The molecule has 0 atom stereocenters. The Hall–Kier alpha value is -2.37. The van der Waals surface area contributed by atoms with Gasteiger partial charge >= 0.3 is 17.9 Å². The molecule has 0 aliphatic heterocycles. The fraction of sp³-hybridized carbons (Fsp3) is 0.471. The van der Waals surface area contributed by atoms with Crippen LogP contribution < -0.4 is 0 Å². The van der Waals surface area contributed by atoms with E-state index >= 15 is 0 Å². The number of hydrogen-bond donors (Lipinski definition) is 3. The number of rotatable bonds is 9. The summed E-state index contributed by atoms with van der Waals surface area (Å²) in [6.07, 6.45) is 3.80. The third kappa shape index (κ3) is 4.31. The molecule has 0 saturated carbocycles. The molecule has 0 heterocycles. The Morgan fingerprint density at radius 3 is 1.65 bits per heavy atom. The predicted octanol–water partition coefficient (Wildman–Crippen LogP) is 3.47. The Bertz CT molecular complexity index is 618. The van der Waals surface area contributed by atoms with Gasteiger partial charge < -0.3 is 15.3 Å². The topological polar surface area (TPSA) is 112 Å². The van der Waals surface area contributed by atoms with Crippen LogP contribution in [0.15, 0.2) is 6.07 Å². The van der Waals surface area contributed by atoms with Crippen molar-refractivity contribution < 1.29 is 29.7 Å². The maximum absolute atomic E-state index is 11.6. The molecule has 0 unspecified atom stereocenters. The zero-order chi connectivity index (χ0) is 17.6. The molecule has 0 radical (unpaired) electrons. The second-order valence-electron chi connectivity index (χ2n) is 5.43. The standard InChI is InChI=1S/C17H22O6/c1-3-5-7-10-11(8-6-4-2)14(17(22)23)13(16(20)21)9-12(10)15(18)19/h9H,3-8H2,1-2H3,(H,18,19)(H,20,21)(H,22,23). The third-order valence-corrected chi connectivity index (χ3v) is 3.78. The fourth-order valence-corrected chi connectivity index (χ4v) is 2.65. The molecular formula is C17H22O6. The van der Waals surface area contributed by atoms with Gasteiger partial charge in [0.25, 0.3) is 0 Å². The van der Waals surface area contributed by atoms with Crippen LogP contribution in [0, 0.1) is 0 Å². The quantitative estimate of drug-likeness (QED) is 0.642. The molecule has 0 amide bonds. The summed E-state index contributed by atoms with van der Waals surface area (Å²) in [6.45, 7) is 3.89. The summed E-state index contributed by atoms with van der Waals surface area (Å²) in [5, 5.41) is 28.2. The molecule has 126 valence electrons. The highest BCUT2D eigenvalue weighted by molar-refractivity contribution is 6.05. The number of unbranched alkanes of at least 4 members (excludes halogenated alkanes) is 2. The highest BCUT2D eigenvalue weighted by atomic mass is 16.4. The molecule has 0 fully saturated rings. The van der Waals surface area contributed by atoms with Gasteiger partial charge in [-0.25, -0.2) is 14.4 Å². The normalized spacial score (nSPS) is 10.5. The molecule has 1 rings (SSSR count). The second kappa shape index (κ2) is 8.31. The van der Waals surface area contributed by atoms with Gasteiger partial charge in [0.15, 0.2) is 0 Å². The van der Waals surface area contributed by atoms with Crippen LogP contribution in [0.2, 0.25) is 0 Å². The van der Waals surface area contributed by atoms with E-state index in [1.54, 1.807) is 0 Å². The summed E-state index contributed by atoms with van der Waals surface area (Å²) in [5.41, 5.74) is -0.0319. The average molecular weight is 322 g/mol. The molecule has 23 heavy (non-hydrogen) atoms. The zero-order valence-electron chi connectivity index (χ0n) is 13.4. The van der Waals surface area contributed by atoms with E-state index in [0.29, 0.717) is 36.8 Å². The Labute approximate surface area is 134 Å². The first kappa shape index (κ1) is 18.7. The molecule has 3 N–H and O–H groups in total. The van der Waals surface area contributed by atoms with E-state index in [0.717, 1.165) is 18.9 Å². The Kier molecular flexibility index (Phi) is 6.75. The minimum atomic E-state index is -1.43. The van der Waals surface area contributed by atoms with E-state index in [1.807, 2.05) is 13.8 Å². The van der Waals surface area contributed by atoms with Crippen LogP contribution in [0.1, 0.15) is 81.7 Å². The van der Waals surface area contributed by atoms with Gasteiger partial charge in [0.05, 0.1) is 16.7 Å². The van der Waals surface area contributed by atoms with Crippen LogP contribution >= 0.6 is 0 Å². The first-order valence-corrected chi connectivity index (χ1v) is 7.73. The van der Waals surface area contributed by atoms with Crippen molar-refractivity contribution in [3.63, 3.8) is 0 Å². The summed E-state index contributed by atoms with van der Waals surface area (Å²) >= 11 is 0. The van der Waals surface area contributed by atoms with Gasteiger partial charge in [0.1, 0.15) is 0 Å². The molecule has 0 aliphatic rings. The molecule has 6 heteroatoms. The van der Waals surface area contributed by atoms with Crippen molar-refractivity contribution in [1.82, 2.24) is 0 Å². The molecule has 1 aromatic carbocycles. The van der Waals surface area contributed by atoms with Crippen molar-refractivity contribution in [2.75, 3.05) is 0 Å². The molecule has 0 bridgehead atoms. The molecule has 0 saturated heterocycles. The van der Waals surface area contributed by atoms with Crippen LogP contribution in [0.5, 0.6) is 0 Å². The minimum absolute atomic E-state index is 0.105. The Balaban J connectivity index is 3.73. The van der Waals surface area contributed by atoms with Crippen LogP contribution in [0.3, 0.4) is 0 Å². The largest absolute Gasteiger partial charge is 0.478 e. The predicted molar refractivity (Wildman–Crippen MR) is 84.5 cm³/mol. The van der Waals surface area contributed by atoms with Crippen LogP contribution in [0.4, 0.5) is 0 Å². The van der Waals surface area contributed by atoms with Gasteiger partial charge in [-0.1, -0.05) is 26.7 Å². The zero-order valence-corrected chi connectivity index (χ0v) is 13.4. The lowest BCUT2D eigenvalue weighted by Crippen LogP contribution is -2.18. The highest BCUT2D eigenvalue weighted by Crippen LogP contribution is 2.28. The number of aromatic carboxylic acids is 3. The van der Waals surface area contributed by atoms with E-state index in [-0.39, 0.29) is 11.1 Å². The van der Waals surface area contributed by atoms with E-state index in [9.17, 15) is 29.7 Å². The second-order valence-corrected chi connectivity index (χ2v) is 5.43. The smallest absolute Gasteiger partial charge is 0.336 e. The summed E-state index contributed by atoms with van der Waals surface area (Å²) in [6, 6.07) is 0.981. The van der Waals surface area contributed by atoms with Crippen molar-refractivity contribution >= 4 is 17.9 Å². The van der Waals surface area contributed by atoms with Gasteiger partial charge in [0, 0.05) is 0 Å². The maximum Gasteiger partial charge on any atom is 0.336 e. The summed E-state index contributed by atoms with van der Waals surface area (Å²) in [4.78, 5) is 34.5. The molecular weight excluding hydrogens is 300 g/mol. The van der Waals surface area contributed by atoms with Gasteiger partial charge in [-0.3, -0.25) is 0 Å². The monoisotopic (exact) mass is 322 g/mol. The van der Waals surface area contributed by atoms with Crippen molar-refractivity contribution in [2.24, 2.45) is 0 Å². The first-order valence-electron chi connectivity index (χ1n) is 7.73. The third-order valence-electron chi connectivity index (χ3n) is 3.78. The molecule has 6 nitrogen and oxygen atoms in total. The summed E-state index contributed by atoms with van der Waals surface area (Å²) in [5.74, 6) is -3.99. The lowest BCUT2D eigenvalue weighted by Gasteiger charge is -2.17. The average Bonchev–Trinajstić information content (AvgIpc) is 2.49. The minimum Gasteiger partial charge on any atom is -0.478 e. The molecule has 0 aromatic heterocycles. The van der Waals surface area contributed by atoms with Crippen molar-refractivity contribution in [1.29, 1.82) is 0 Å². The van der Waals surface area contributed by atoms with Crippen LogP contribution in [0.25, 0.3) is 0 Å². The highest BCUT2D eigenvalue weighted by Gasteiger charge is 2.27. The lowest BCUT2D eigenvalue weighted by atomic mass is 9.86. The molecule has 1 aromatic rings. The van der Waals surface area contributed by atoms with Crippen LogP contribution in [-0.4, -0.2) is 33.2 Å². The number of carboxylic acids is 3. The van der Waals surface area contributed by atoms with E-state index in [1.165, 1.54) is 0 Å². The molecule has 0 aliphatic carbocycles. The van der Waals surface area contributed by atoms with E-state index < -0.39 is 23.5 Å². The molecule has 0 spiro atoms. The number of benzene rings is 1. The number of carbonyl (C=O) groups is 3. The Morgan fingerprint density at radius 1 is 0.783 bits per heavy atom. The lowest BCUT2D eigenvalue weighted by molar-refractivity contribution is 0.0647. The summed E-state index contributed by atoms with van der Waals surface area (Å²) in [7, 11) is 0. The number of hydrogen-bond acceptors (Lipinski definition) is 3. The summed E-state index contributed by atoms with van der Waals surface area (Å²) < 4.78 is 0. The van der Waals surface area contributed by atoms with Gasteiger partial charge in [-0.05, 0) is 42.9 Å². The van der Waals surface area contributed by atoms with Crippen molar-refractivity contribution in [2.45, 2.75) is 52.4 Å². The first-order chi connectivity index (χ1) is 10.8. The number of carboxylic acid groups (broad SMARTS) is 3. The Morgan fingerprint density at radius 2 is 1.26 bits per heavy atom. The van der Waals surface area contributed by atoms with Gasteiger partial charge in [0.2, 0.25) is 0 Å². The SMILES string of the molecule is CCCCc1c(C(=O)O)cc(C(=O)O)c(C(=O)O)c1CCCC. The van der Waals surface area contributed by atoms with E-state index in [2.05, 4.69) is 0 Å². The maximum atomic E-state index is 11.6. The van der Waals surface area contributed by atoms with Crippen LogP contribution in [-0.2, 0) is 12.8 Å². The van der Waals surface area contributed by atoms with Gasteiger partial charge in [-0.2, -0.15) is 0 Å². The van der Waals surface area contributed by atoms with E-state index in [4.69, 9.17) is 0 Å². The van der Waals surface area contributed by atoms with Gasteiger partial charge in [-0.15, -0.1) is 0 Å². The van der Waals surface area contributed by atoms with Crippen molar-refractivity contribution in [3.8, 4) is 0 Å². The fourth-order valence-electron chi connectivity index (χ4n) is 2.65. The van der Waals surface area contributed by atoms with Crippen molar-refractivity contribution in [3.05, 3.63) is 33.9 Å².